The molecule has 0 radical (unpaired) electrons. The van der Waals surface area contributed by atoms with Crippen LogP contribution in [0, 0.1) is 0 Å². The Morgan fingerprint density at radius 1 is 1.38 bits per heavy atom. The highest BCUT2D eigenvalue weighted by Gasteiger charge is 2.16. The summed E-state index contributed by atoms with van der Waals surface area (Å²) in [5.41, 5.74) is 1.42. The maximum absolute atomic E-state index is 3.48. The molecule has 1 rings (SSSR count). The van der Waals surface area contributed by atoms with Crippen molar-refractivity contribution in [3.05, 3.63) is 11.6 Å². The van der Waals surface area contributed by atoms with E-state index in [1.54, 1.807) is 0 Å². The van der Waals surface area contributed by atoms with Crippen LogP contribution in [0.4, 0.5) is 0 Å². The van der Waals surface area contributed by atoms with E-state index in [1.807, 2.05) is 0 Å². The molecule has 0 bridgehead atoms. The van der Waals surface area contributed by atoms with Crippen molar-refractivity contribution in [2.75, 3.05) is 39.8 Å². The Morgan fingerprint density at radius 3 is 2.62 bits per heavy atom. The van der Waals surface area contributed by atoms with E-state index in [1.165, 1.54) is 38.0 Å². The molecular weight excluding hydrogens is 198 g/mol. The van der Waals surface area contributed by atoms with Gasteiger partial charge in [0.2, 0.25) is 0 Å². The number of rotatable bonds is 6. The third kappa shape index (κ3) is 5.10. The van der Waals surface area contributed by atoms with Gasteiger partial charge in [-0.3, -0.25) is 0 Å². The van der Waals surface area contributed by atoms with Gasteiger partial charge in [-0.2, -0.15) is 0 Å². The third-order valence-corrected chi connectivity index (χ3v) is 3.50. The molecule has 1 saturated heterocycles. The second kappa shape index (κ2) is 7.82. The number of likely N-dealkylation sites (tertiary alicyclic amines) is 1. The van der Waals surface area contributed by atoms with Crippen molar-refractivity contribution < 1.29 is 0 Å². The van der Waals surface area contributed by atoms with Crippen molar-refractivity contribution in [1.29, 1.82) is 0 Å². The number of hydrogen-bond donors (Lipinski definition) is 2. The normalized spacial score (nSPS) is 20.3. The topological polar surface area (TPSA) is 27.3 Å². The molecule has 0 aromatic carbocycles. The van der Waals surface area contributed by atoms with Crippen molar-refractivity contribution in [1.82, 2.24) is 15.5 Å². The van der Waals surface area contributed by atoms with Crippen molar-refractivity contribution in [3.8, 4) is 0 Å². The average Bonchev–Trinajstić information content (AvgIpc) is 2.35. The fourth-order valence-electron chi connectivity index (χ4n) is 2.07. The second-order valence-corrected chi connectivity index (χ2v) is 4.72. The molecule has 0 atom stereocenters. The first-order valence-corrected chi connectivity index (χ1v) is 6.48. The summed E-state index contributed by atoms with van der Waals surface area (Å²) in [6.45, 7) is 10.1. The van der Waals surface area contributed by atoms with Gasteiger partial charge in [-0.25, -0.2) is 0 Å². The highest BCUT2D eigenvalue weighted by molar-refractivity contribution is 4.97. The van der Waals surface area contributed by atoms with Crippen molar-refractivity contribution in [2.45, 2.75) is 32.7 Å². The summed E-state index contributed by atoms with van der Waals surface area (Å²) >= 11 is 0. The van der Waals surface area contributed by atoms with Crippen LogP contribution in [0.25, 0.3) is 0 Å². The first kappa shape index (κ1) is 13.7. The number of hydrogen-bond acceptors (Lipinski definition) is 3. The highest BCUT2D eigenvalue weighted by Crippen LogP contribution is 2.08. The predicted octanol–water partition coefficient (Wildman–Crippen LogP) is 1.23. The minimum Gasteiger partial charge on any atom is -0.317 e. The molecule has 0 amide bonds. The quantitative estimate of drug-likeness (QED) is 0.526. The maximum Gasteiger partial charge on any atom is 0.0162 e. The highest BCUT2D eigenvalue weighted by atomic mass is 15.2. The molecule has 0 aromatic rings. The van der Waals surface area contributed by atoms with Crippen LogP contribution >= 0.6 is 0 Å². The average molecular weight is 225 g/mol. The molecular formula is C13H27N3. The second-order valence-electron chi connectivity index (χ2n) is 4.72. The van der Waals surface area contributed by atoms with Gasteiger partial charge in [0.1, 0.15) is 0 Å². The lowest BCUT2D eigenvalue weighted by Gasteiger charge is -2.31. The Labute approximate surface area is 100 Å². The molecule has 0 aliphatic carbocycles. The number of allylic oxidation sites excluding steroid dienone is 1. The molecule has 1 fully saturated rings. The molecule has 16 heavy (non-hydrogen) atoms. The van der Waals surface area contributed by atoms with E-state index >= 15 is 0 Å². The zero-order chi connectivity index (χ0) is 11.8. The van der Waals surface area contributed by atoms with E-state index in [9.17, 15) is 0 Å². The van der Waals surface area contributed by atoms with Gasteiger partial charge < -0.3 is 15.5 Å². The smallest absolute Gasteiger partial charge is 0.0162 e. The van der Waals surface area contributed by atoms with Crippen LogP contribution in [-0.4, -0.2) is 50.7 Å². The molecule has 2 N–H and O–H groups in total. The van der Waals surface area contributed by atoms with E-state index < -0.39 is 0 Å². The lowest BCUT2D eigenvalue weighted by atomic mass is 10.1. The minimum absolute atomic E-state index is 0.745. The molecule has 1 heterocycles. The molecule has 1 aliphatic heterocycles. The van der Waals surface area contributed by atoms with E-state index in [0.29, 0.717) is 0 Å². The predicted molar refractivity (Wildman–Crippen MR) is 70.8 cm³/mol. The van der Waals surface area contributed by atoms with Crippen LogP contribution in [0.15, 0.2) is 11.6 Å². The standard InChI is InChI=1S/C13H27N3/c1-4-12(2)11-15-7-10-16-8-5-13(14-3)6-9-16/h4,13-15H,5-11H2,1-3H3/b12-4-. The van der Waals surface area contributed by atoms with Crippen LogP contribution in [0.3, 0.4) is 0 Å². The van der Waals surface area contributed by atoms with Gasteiger partial charge in [0, 0.05) is 25.7 Å². The summed E-state index contributed by atoms with van der Waals surface area (Å²) in [5.74, 6) is 0. The zero-order valence-corrected chi connectivity index (χ0v) is 11.1. The summed E-state index contributed by atoms with van der Waals surface area (Å²) in [6.07, 6.45) is 4.76. The molecule has 0 spiro atoms. The van der Waals surface area contributed by atoms with Gasteiger partial charge in [-0.05, 0) is 46.8 Å². The molecule has 3 nitrogen and oxygen atoms in total. The fraction of sp³-hybridized carbons (Fsp3) is 0.846. The van der Waals surface area contributed by atoms with Crippen molar-refractivity contribution in [2.24, 2.45) is 0 Å². The van der Waals surface area contributed by atoms with E-state index in [4.69, 9.17) is 0 Å². The molecule has 0 saturated carbocycles. The van der Waals surface area contributed by atoms with Gasteiger partial charge in [0.25, 0.3) is 0 Å². The van der Waals surface area contributed by atoms with Crippen LogP contribution < -0.4 is 10.6 Å². The van der Waals surface area contributed by atoms with E-state index in [-0.39, 0.29) is 0 Å². The minimum atomic E-state index is 0.745. The molecule has 1 aliphatic rings. The third-order valence-electron chi connectivity index (χ3n) is 3.50. The van der Waals surface area contributed by atoms with Crippen molar-refractivity contribution >= 4 is 0 Å². The van der Waals surface area contributed by atoms with Gasteiger partial charge in [0.15, 0.2) is 0 Å². The van der Waals surface area contributed by atoms with Crippen LogP contribution in [-0.2, 0) is 0 Å². The van der Waals surface area contributed by atoms with Crippen LogP contribution in [0.1, 0.15) is 26.7 Å². The summed E-state index contributed by atoms with van der Waals surface area (Å²) in [7, 11) is 2.07. The summed E-state index contributed by atoms with van der Waals surface area (Å²) in [4.78, 5) is 2.56. The Morgan fingerprint density at radius 2 is 2.06 bits per heavy atom. The van der Waals surface area contributed by atoms with Gasteiger partial charge in [-0.1, -0.05) is 11.6 Å². The summed E-state index contributed by atoms with van der Waals surface area (Å²) in [6, 6.07) is 0.745. The van der Waals surface area contributed by atoms with Crippen LogP contribution in [0.5, 0.6) is 0 Å². The maximum atomic E-state index is 3.48. The van der Waals surface area contributed by atoms with Gasteiger partial charge in [0.05, 0.1) is 0 Å². The largest absolute Gasteiger partial charge is 0.317 e. The molecule has 0 unspecified atom stereocenters. The van der Waals surface area contributed by atoms with Crippen LogP contribution in [0.2, 0.25) is 0 Å². The monoisotopic (exact) mass is 225 g/mol. The fourth-order valence-corrected chi connectivity index (χ4v) is 2.07. The summed E-state index contributed by atoms with van der Waals surface area (Å²) in [5, 5.41) is 6.85. The number of nitrogens with zero attached hydrogens (tertiary/aromatic N) is 1. The summed E-state index contributed by atoms with van der Waals surface area (Å²) < 4.78 is 0. The Bertz CT molecular complexity index is 205. The number of nitrogens with one attached hydrogen (secondary N) is 2. The number of piperidine rings is 1. The lowest BCUT2D eigenvalue weighted by molar-refractivity contribution is 0.203. The Kier molecular flexibility index (Phi) is 6.69. The molecule has 0 aromatic heterocycles. The SMILES string of the molecule is C/C=C(/C)CNCCN1CCC(NC)CC1. The lowest BCUT2D eigenvalue weighted by Crippen LogP contribution is -2.43. The molecule has 94 valence electrons. The van der Waals surface area contributed by atoms with E-state index in [2.05, 4.69) is 42.5 Å². The first-order chi connectivity index (χ1) is 7.76. The zero-order valence-electron chi connectivity index (χ0n) is 11.1. The molecule has 3 heteroatoms. The Balaban J connectivity index is 2.02. The van der Waals surface area contributed by atoms with Gasteiger partial charge >= 0.3 is 0 Å². The first-order valence-electron chi connectivity index (χ1n) is 6.48. The van der Waals surface area contributed by atoms with E-state index in [0.717, 1.165) is 19.1 Å². The van der Waals surface area contributed by atoms with Gasteiger partial charge in [-0.15, -0.1) is 0 Å². The van der Waals surface area contributed by atoms with Crippen molar-refractivity contribution in [3.63, 3.8) is 0 Å². The Hall–Kier alpha value is -0.380.